The predicted octanol–water partition coefficient (Wildman–Crippen LogP) is 2.12. The molecule has 218 valence electrons. The fraction of sp³-hybridized carbons (Fsp3) is 0.818. The third kappa shape index (κ3) is 39.2. The summed E-state index contributed by atoms with van der Waals surface area (Å²) >= 11 is 0. The minimum absolute atomic E-state index is 0. The number of ketones is 2. The van der Waals surface area contributed by atoms with Crippen LogP contribution in [0.2, 0.25) is 0 Å². The molecular formula is C22H36F6O8Ti. The molecule has 2 N–H and O–H groups in total. The number of hydrogen-bond acceptors (Lipinski definition) is 8. The van der Waals surface area contributed by atoms with Gasteiger partial charge in [-0.15, -0.1) is 0 Å². The molecule has 0 aliphatic rings. The molecule has 37 heavy (non-hydrogen) atoms. The molecule has 0 heterocycles. The predicted molar refractivity (Wildman–Crippen MR) is 113 cm³/mol. The van der Waals surface area contributed by atoms with E-state index in [-0.39, 0.29) is 21.7 Å². The first-order valence-electron chi connectivity index (χ1n) is 10.6. The maximum absolute atomic E-state index is 12.0. The standard InChI is InChI=1S/2C7H9F3O3.2C4H10O.Ti/c2*1-2-4(7(8,9)10)5(11)3-6(12)13;2*1-4(2,3)5;/h2*4H,2-3H2,1H3,(H,12,13);2*5H,1-3H3;/q;;;;+2/p-2. The van der Waals surface area contributed by atoms with Gasteiger partial charge in [0.15, 0.2) is 11.6 Å². The molecule has 0 aromatic rings. The minimum atomic E-state index is -4.67. The van der Waals surface area contributed by atoms with Crippen LogP contribution in [0, 0.1) is 11.8 Å². The molecule has 0 aliphatic heterocycles. The van der Waals surface area contributed by atoms with Gasteiger partial charge < -0.3 is 30.0 Å². The molecule has 0 radical (unpaired) electrons. The molecule has 0 amide bonds. The molecule has 0 spiro atoms. The second-order valence-corrected chi connectivity index (χ2v) is 9.38. The van der Waals surface area contributed by atoms with E-state index in [4.69, 9.17) is 10.2 Å². The van der Waals surface area contributed by atoms with Gasteiger partial charge in [-0.1, -0.05) is 13.8 Å². The van der Waals surface area contributed by atoms with Gasteiger partial charge in [0.1, 0.15) is 11.8 Å². The van der Waals surface area contributed by atoms with Gasteiger partial charge >= 0.3 is 34.1 Å². The maximum atomic E-state index is 12.0. The zero-order valence-electron chi connectivity index (χ0n) is 22.1. The third-order valence-electron chi connectivity index (χ3n) is 3.02. The van der Waals surface area contributed by atoms with E-state index in [1.165, 1.54) is 13.8 Å². The van der Waals surface area contributed by atoms with Crippen molar-refractivity contribution in [1.82, 2.24) is 0 Å². The molecule has 0 rings (SSSR count). The molecular weight excluding hydrogens is 554 g/mol. The van der Waals surface area contributed by atoms with Crippen molar-refractivity contribution in [3.8, 4) is 0 Å². The summed E-state index contributed by atoms with van der Waals surface area (Å²) in [5.74, 6) is -10.7. The normalized spacial score (nSPS) is 13.0. The average Bonchev–Trinajstić information content (AvgIpc) is 2.48. The molecule has 0 bridgehead atoms. The quantitative estimate of drug-likeness (QED) is 0.248. The molecule has 0 aromatic carbocycles. The van der Waals surface area contributed by atoms with E-state index >= 15 is 0 Å². The zero-order valence-corrected chi connectivity index (χ0v) is 23.7. The summed E-state index contributed by atoms with van der Waals surface area (Å²) in [5.41, 5.74) is -1.00. The fourth-order valence-electron chi connectivity index (χ4n) is 1.81. The van der Waals surface area contributed by atoms with Gasteiger partial charge in [0.05, 0.1) is 11.2 Å². The Bertz CT molecular complexity index is 611. The van der Waals surface area contributed by atoms with E-state index in [0.29, 0.717) is 0 Å². The first-order valence-corrected chi connectivity index (χ1v) is 10.6. The number of carboxylic acids is 2. The summed E-state index contributed by atoms with van der Waals surface area (Å²) in [6.07, 6.45) is -12.6. The van der Waals surface area contributed by atoms with E-state index in [2.05, 4.69) is 0 Å². The third-order valence-corrected chi connectivity index (χ3v) is 3.02. The Balaban J connectivity index is -0.000000133. The summed E-state index contributed by atoms with van der Waals surface area (Å²) in [7, 11) is 0. The Morgan fingerprint density at radius 3 is 0.865 bits per heavy atom. The Labute approximate surface area is 227 Å². The van der Waals surface area contributed by atoms with Crippen LogP contribution < -0.4 is 10.2 Å². The number of carbonyl (C=O) groups excluding carboxylic acids is 4. The first-order chi connectivity index (χ1) is 15.6. The number of halogens is 6. The van der Waals surface area contributed by atoms with Crippen molar-refractivity contribution < 1.29 is 87.7 Å². The number of carbonyl (C=O) groups is 4. The van der Waals surface area contributed by atoms with Crippen LogP contribution in [0.3, 0.4) is 0 Å². The second-order valence-electron chi connectivity index (χ2n) is 9.38. The summed E-state index contributed by atoms with van der Waals surface area (Å²) < 4.78 is 71.9. The van der Waals surface area contributed by atoms with E-state index in [0.717, 1.165) is 0 Å². The monoisotopic (exact) mass is 590 g/mol. The van der Waals surface area contributed by atoms with Crippen LogP contribution in [0.15, 0.2) is 0 Å². The van der Waals surface area contributed by atoms with Gasteiger partial charge in [-0.3, -0.25) is 9.59 Å². The summed E-state index contributed by atoms with van der Waals surface area (Å²) in [6, 6.07) is 0. The Kier molecular flexibility index (Phi) is 24.0. The van der Waals surface area contributed by atoms with Gasteiger partial charge in [0.25, 0.3) is 0 Å². The number of aliphatic hydroxyl groups is 2. The van der Waals surface area contributed by atoms with E-state index in [1.54, 1.807) is 41.5 Å². The Morgan fingerprint density at radius 2 is 0.784 bits per heavy atom. The number of carboxylic acid groups (broad SMARTS) is 2. The van der Waals surface area contributed by atoms with E-state index in [1.807, 2.05) is 0 Å². The van der Waals surface area contributed by atoms with Crippen molar-refractivity contribution in [2.24, 2.45) is 11.8 Å². The first kappa shape index (κ1) is 45.4. The van der Waals surface area contributed by atoms with Crippen LogP contribution in [0.1, 0.15) is 81.1 Å². The van der Waals surface area contributed by atoms with Crippen LogP contribution in [0.25, 0.3) is 0 Å². The summed E-state index contributed by atoms with van der Waals surface area (Å²) in [4.78, 5) is 41.1. The largest absolute Gasteiger partial charge is 2.00 e. The van der Waals surface area contributed by atoms with Crippen molar-refractivity contribution in [3.05, 3.63) is 0 Å². The van der Waals surface area contributed by atoms with Crippen molar-refractivity contribution in [1.29, 1.82) is 0 Å². The molecule has 0 aliphatic carbocycles. The maximum Gasteiger partial charge on any atom is 2.00 e. The van der Waals surface area contributed by atoms with Gasteiger partial charge in [-0.2, -0.15) is 26.3 Å². The van der Waals surface area contributed by atoms with Crippen LogP contribution in [0.5, 0.6) is 0 Å². The van der Waals surface area contributed by atoms with Crippen LogP contribution in [0.4, 0.5) is 26.3 Å². The number of rotatable bonds is 8. The van der Waals surface area contributed by atoms with Gasteiger partial charge in [-0.05, 0) is 54.4 Å². The molecule has 0 aromatic heterocycles. The summed E-state index contributed by atoms with van der Waals surface area (Å²) in [5, 5.41) is 36.8. The van der Waals surface area contributed by atoms with Crippen molar-refractivity contribution >= 4 is 23.5 Å². The molecule has 2 atom stereocenters. The molecule has 15 heteroatoms. The summed E-state index contributed by atoms with van der Waals surface area (Å²) in [6.45, 7) is 12.8. The fourth-order valence-corrected chi connectivity index (χ4v) is 1.81. The molecule has 0 saturated heterocycles. The van der Waals surface area contributed by atoms with Gasteiger partial charge in [-0.25, -0.2) is 0 Å². The Hall–Kier alpha value is -1.51. The zero-order chi connectivity index (χ0) is 30.3. The molecule has 2 unspecified atom stereocenters. The molecule has 0 fully saturated rings. The van der Waals surface area contributed by atoms with Gasteiger partial charge in [0, 0.05) is 24.8 Å². The van der Waals surface area contributed by atoms with Crippen molar-refractivity contribution in [2.45, 2.75) is 105 Å². The van der Waals surface area contributed by atoms with Crippen LogP contribution >= 0.6 is 0 Å². The van der Waals surface area contributed by atoms with Crippen molar-refractivity contribution in [2.75, 3.05) is 0 Å². The number of hydrogen-bond donors (Lipinski definition) is 2. The average molecular weight is 590 g/mol. The molecule has 0 saturated carbocycles. The number of alkyl halides is 6. The Morgan fingerprint density at radius 1 is 0.622 bits per heavy atom. The van der Waals surface area contributed by atoms with Crippen molar-refractivity contribution in [3.63, 3.8) is 0 Å². The second kappa shape index (κ2) is 19.5. The van der Waals surface area contributed by atoms with Crippen LogP contribution in [-0.2, 0) is 40.9 Å². The minimum Gasteiger partial charge on any atom is -0.550 e. The SMILES string of the molecule is CC(C)(C)O.CC(C)(C)O.CCC(C(=O)CC(=O)[O-])C(F)(F)F.CCC(C(=O)CC(=O)[O-])C(F)(F)F.[Ti+2]. The smallest absolute Gasteiger partial charge is 0.550 e. The topological polar surface area (TPSA) is 155 Å². The van der Waals surface area contributed by atoms with E-state index in [9.17, 15) is 55.7 Å². The van der Waals surface area contributed by atoms with Gasteiger partial charge in [0.2, 0.25) is 0 Å². The number of Topliss-reactive ketones (excluding diaryl/α,β-unsaturated/α-hetero) is 2. The number of aliphatic carboxylic acids is 2. The van der Waals surface area contributed by atoms with Crippen LogP contribution in [-0.4, -0.2) is 57.3 Å². The van der Waals surface area contributed by atoms with E-state index < -0.39 is 84.6 Å². The molecule has 8 nitrogen and oxygen atoms in total.